The summed E-state index contributed by atoms with van der Waals surface area (Å²) in [6.45, 7) is 0.203. The summed E-state index contributed by atoms with van der Waals surface area (Å²) < 4.78 is 4.98. The molecule has 6 heteroatoms. The second-order valence-electron chi connectivity index (χ2n) is 5.83. The number of hydrogen-bond acceptors (Lipinski definition) is 4. The lowest BCUT2D eigenvalue weighted by Crippen LogP contribution is -2.13. The van der Waals surface area contributed by atoms with Gasteiger partial charge in [-0.05, 0) is 22.8 Å². The van der Waals surface area contributed by atoms with Crippen LogP contribution < -0.4 is 0 Å². The maximum absolute atomic E-state index is 12.8. The van der Waals surface area contributed by atoms with Crippen molar-refractivity contribution < 1.29 is 29.3 Å². The van der Waals surface area contributed by atoms with Crippen molar-refractivity contribution in [2.45, 2.75) is 19.3 Å². The van der Waals surface area contributed by atoms with Gasteiger partial charge in [-0.25, -0.2) is 4.79 Å². The SMILES string of the molecule is COCCC(CC(=O)c1cccc2ccccc12)=C(CC(=O)O)C(=O)O. The summed E-state index contributed by atoms with van der Waals surface area (Å²) in [5, 5.41) is 20.0. The average Bonchev–Trinajstić information content (AvgIpc) is 2.62. The predicted octanol–water partition coefficient (Wildman–Crippen LogP) is 3.31. The van der Waals surface area contributed by atoms with Crippen LogP contribution in [0.3, 0.4) is 0 Å². The van der Waals surface area contributed by atoms with Crippen molar-refractivity contribution in [1.29, 1.82) is 0 Å². The minimum Gasteiger partial charge on any atom is -0.481 e. The van der Waals surface area contributed by atoms with E-state index in [0.29, 0.717) is 5.56 Å². The van der Waals surface area contributed by atoms with E-state index >= 15 is 0 Å². The fourth-order valence-corrected chi connectivity index (χ4v) is 2.83. The topological polar surface area (TPSA) is 101 Å². The van der Waals surface area contributed by atoms with Crippen LogP contribution in [0.1, 0.15) is 29.6 Å². The number of benzene rings is 2. The molecule has 0 radical (unpaired) electrons. The summed E-state index contributed by atoms with van der Waals surface area (Å²) in [5.74, 6) is -2.84. The number of hydrogen-bond donors (Lipinski definition) is 2. The highest BCUT2D eigenvalue weighted by molar-refractivity contribution is 6.09. The number of carboxylic acid groups (broad SMARTS) is 2. The van der Waals surface area contributed by atoms with Gasteiger partial charge in [0, 0.05) is 31.3 Å². The number of ether oxygens (including phenoxy) is 1. The number of methoxy groups -OCH3 is 1. The Balaban J connectivity index is 2.42. The quantitative estimate of drug-likeness (QED) is 0.528. The fourth-order valence-electron chi connectivity index (χ4n) is 2.83. The maximum Gasteiger partial charge on any atom is 0.332 e. The second-order valence-corrected chi connectivity index (χ2v) is 5.83. The van der Waals surface area contributed by atoms with Gasteiger partial charge in [0.25, 0.3) is 0 Å². The molecule has 26 heavy (non-hydrogen) atoms. The smallest absolute Gasteiger partial charge is 0.332 e. The number of aliphatic carboxylic acids is 2. The van der Waals surface area contributed by atoms with E-state index in [1.54, 1.807) is 12.1 Å². The van der Waals surface area contributed by atoms with E-state index < -0.39 is 18.4 Å². The summed E-state index contributed by atoms with van der Waals surface area (Å²) in [7, 11) is 1.46. The van der Waals surface area contributed by atoms with E-state index in [-0.39, 0.29) is 36.4 Å². The molecule has 2 aromatic carbocycles. The molecule has 0 heterocycles. The highest BCUT2D eigenvalue weighted by Crippen LogP contribution is 2.24. The van der Waals surface area contributed by atoms with Crippen LogP contribution in [0.4, 0.5) is 0 Å². The van der Waals surface area contributed by atoms with Crippen LogP contribution in [-0.2, 0) is 14.3 Å². The van der Waals surface area contributed by atoms with Gasteiger partial charge in [0.1, 0.15) is 0 Å². The van der Waals surface area contributed by atoms with E-state index in [4.69, 9.17) is 9.84 Å². The number of carbonyl (C=O) groups excluding carboxylic acids is 1. The van der Waals surface area contributed by atoms with Crippen molar-refractivity contribution >= 4 is 28.5 Å². The van der Waals surface area contributed by atoms with Crippen LogP contribution in [0, 0.1) is 0 Å². The molecule has 0 spiro atoms. The zero-order valence-electron chi connectivity index (χ0n) is 14.4. The monoisotopic (exact) mass is 356 g/mol. The third kappa shape index (κ3) is 4.77. The van der Waals surface area contributed by atoms with E-state index in [1.165, 1.54) is 7.11 Å². The number of carboxylic acids is 2. The Bertz CT molecular complexity index is 860. The minimum atomic E-state index is -1.33. The normalized spacial score (nSPS) is 11.9. The molecule has 6 nitrogen and oxygen atoms in total. The molecule has 0 aliphatic heterocycles. The number of ketones is 1. The average molecular weight is 356 g/mol. The first-order valence-corrected chi connectivity index (χ1v) is 8.10. The van der Waals surface area contributed by atoms with Gasteiger partial charge in [0.2, 0.25) is 0 Å². The third-order valence-electron chi connectivity index (χ3n) is 4.08. The molecular formula is C20H20O6. The molecule has 2 N–H and O–H groups in total. The van der Waals surface area contributed by atoms with Crippen molar-refractivity contribution in [2.75, 3.05) is 13.7 Å². The molecule has 0 aliphatic rings. The lowest BCUT2D eigenvalue weighted by Gasteiger charge is -2.12. The molecule has 0 fully saturated rings. The molecule has 0 aliphatic carbocycles. The van der Waals surface area contributed by atoms with Crippen LogP contribution in [0.25, 0.3) is 10.8 Å². The highest BCUT2D eigenvalue weighted by atomic mass is 16.5. The molecule has 0 aromatic heterocycles. The summed E-state index contributed by atoms with van der Waals surface area (Å²) in [4.78, 5) is 35.3. The first-order valence-electron chi connectivity index (χ1n) is 8.10. The number of carbonyl (C=O) groups is 3. The molecule has 0 bridgehead atoms. The van der Waals surface area contributed by atoms with Gasteiger partial charge in [-0.1, -0.05) is 42.5 Å². The van der Waals surface area contributed by atoms with E-state index in [1.807, 2.05) is 30.3 Å². The maximum atomic E-state index is 12.8. The van der Waals surface area contributed by atoms with Crippen LogP contribution in [0.15, 0.2) is 53.6 Å². The Morgan fingerprint density at radius 2 is 1.65 bits per heavy atom. The summed E-state index contributed by atoms with van der Waals surface area (Å²) in [6.07, 6.45) is -0.620. The highest BCUT2D eigenvalue weighted by Gasteiger charge is 2.21. The van der Waals surface area contributed by atoms with Gasteiger partial charge >= 0.3 is 11.9 Å². The molecule has 0 saturated carbocycles. The van der Waals surface area contributed by atoms with Crippen LogP contribution in [0.2, 0.25) is 0 Å². The lowest BCUT2D eigenvalue weighted by atomic mass is 9.93. The van der Waals surface area contributed by atoms with Crippen molar-refractivity contribution in [3.05, 3.63) is 59.2 Å². The van der Waals surface area contributed by atoms with E-state index in [2.05, 4.69) is 0 Å². The lowest BCUT2D eigenvalue weighted by molar-refractivity contribution is -0.139. The third-order valence-corrected chi connectivity index (χ3v) is 4.08. The Labute approximate surface area is 150 Å². The van der Waals surface area contributed by atoms with Gasteiger partial charge in [-0.3, -0.25) is 9.59 Å². The van der Waals surface area contributed by atoms with Crippen molar-refractivity contribution in [2.24, 2.45) is 0 Å². The van der Waals surface area contributed by atoms with Gasteiger partial charge in [0.05, 0.1) is 6.42 Å². The zero-order chi connectivity index (χ0) is 19.1. The second kappa shape index (κ2) is 8.92. The van der Waals surface area contributed by atoms with Crippen LogP contribution >= 0.6 is 0 Å². The van der Waals surface area contributed by atoms with Gasteiger partial charge < -0.3 is 14.9 Å². The molecule has 0 saturated heterocycles. The minimum absolute atomic E-state index is 0.160. The number of fused-ring (bicyclic) bond motifs is 1. The van der Waals surface area contributed by atoms with Crippen molar-refractivity contribution in [3.63, 3.8) is 0 Å². The van der Waals surface area contributed by atoms with Gasteiger partial charge in [-0.2, -0.15) is 0 Å². The predicted molar refractivity (Wildman–Crippen MR) is 96.3 cm³/mol. The number of Topliss-reactive ketones (excluding diaryl/α,β-unsaturated/α-hetero) is 1. The molecule has 0 amide bonds. The molecule has 2 aromatic rings. The summed E-state index contributed by atoms with van der Waals surface area (Å²) >= 11 is 0. The molecule has 0 atom stereocenters. The van der Waals surface area contributed by atoms with Crippen LogP contribution in [-0.4, -0.2) is 41.7 Å². The summed E-state index contributed by atoms with van der Waals surface area (Å²) in [6, 6.07) is 12.8. The Morgan fingerprint density at radius 1 is 0.962 bits per heavy atom. The molecule has 0 unspecified atom stereocenters. The van der Waals surface area contributed by atoms with Crippen molar-refractivity contribution in [1.82, 2.24) is 0 Å². The Hall–Kier alpha value is -2.99. The molecule has 2 rings (SSSR count). The summed E-state index contributed by atoms with van der Waals surface area (Å²) in [5.41, 5.74) is 0.501. The Kier molecular flexibility index (Phi) is 6.63. The number of rotatable bonds is 9. The molecule has 136 valence electrons. The zero-order valence-corrected chi connectivity index (χ0v) is 14.4. The standard InChI is InChI=1S/C20H20O6/c1-26-10-9-14(17(20(24)25)12-19(22)23)11-18(21)16-8-4-6-13-5-2-3-7-15(13)16/h2-8H,9-12H2,1H3,(H,22,23)(H,24,25). The van der Waals surface area contributed by atoms with Gasteiger partial charge in [-0.15, -0.1) is 0 Å². The van der Waals surface area contributed by atoms with E-state index in [9.17, 15) is 19.5 Å². The fraction of sp³-hybridized carbons (Fsp3) is 0.250. The molecular weight excluding hydrogens is 336 g/mol. The van der Waals surface area contributed by atoms with Gasteiger partial charge in [0.15, 0.2) is 5.78 Å². The van der Waals surface area contributed by atoms with Crippen LogP contribution in [0.5, 0.6) is 0 Å². The largest absolute Gasteiger partial charge is 0.481 e. The Morgan fingerprint density at radius 3 is 2.31 bits per heavy atom. The van der Waals surface area contributed by atoms with E-state index in [0.717, 1.165) is 10.8 Å². The van der Waals surface area contributed by atoms with Crippen molar-refractivity contribution in [3.8, 4) is 0 Å². The first kappa shape index (κ1) is 19.3. The first-order chi connectivity index (χ1) is 12.4.